The molecule has 0 spiro atoms. The van der Waals surface area contributed by atoms with E-state index >= 15 is 0 Å². The van der Waals surface area contributed by atoms with Crippen LogP contribution in [-0.2, 0) is 16.6 Å². The number of aromatic nitrogens is 4. The van der Waals surface area contributed by atoms with Crippen LogP contribution < -0.4 is 5.56 Å². The average molecular weight is 408 g/mol. The summed E-state index contributed by atoms with van der Waals surface area (Å²) in [6, 6.07) is 1.76. The largest absolute Gasteiger partial charge is 0.334 e. The fourth-order valence-corrected chi connectivity index (χ4v) is 4.76. The van der Waals surface area contributed by atoms with Gasteiger partial charge < -0.3 is 4.57 Å². The fraction of sp³-hybridized carbons (Fsp3) is 0.632. The summed E-state index contributed by atoms with van der Waals surface area (Å²) in [7, 11) is -3.57. The Bertz CT molecular complexity index is 969. The first-order chi connectivity index (χ1) is 13.2. The molecule has 1 fully saturated rings. The molecule has 1 aliphatic heterocycles. The topological polar surface area (TPSA) is 90.1 Å². The van der Waals surface area contributed by atoms with Crippen LogP contribution in [-0.4, -0.2) is 44.9 Å². The van der Waals surface area contributed by atoms with Crippen molar-refractivity contribution in [3.63, 3.8) is 0 Å². The van der Waals surface area contributed by atoms with Crippen molar-refractivity contribution in [1.29, 1.82) is 0 Å². The van der Waals surface area contributed by atoms with Gasteiger partial charge >= 0.3 is 0 Å². The molecule has 154 valence electrons. The third kappa shape index (κ3) is 4.35. The van der Waals surface area contributed by atoms with Crippen LogP contribution in [0.1, 0.15) is 58.2 Å². The van der Waals surface area contributed by atoms with Crippen molar-refractivity contribution in [2.24, 2.45) is 5.92 Å². The van der Waals surface area contributed by atoms with Gasteiger partial charge in [-0.2, -0.15) is 4.31 Å². The molecule has 3 rings (SSSR count). The first-order valence-corrected chi connectivity index (χ1v) is 11.2. The van der Waals surface area contributed by atoms with Crippen molar-refractivity contribution < 1.29 is 8.42 Å². The van der Waals surface area contributed by atoms with E-state index in [0.29, 0.717) is 32.5 Å². The third-order valence-electron chi connectivity index (χ3n) is 5.30. The molecular formula is C19H29N5O3S. The lowest BCUT2D eigenvalue weighted by Crippen LogP contribution is -2.40. The van der Waals surface area contributed by atoms with Gasteiger partial charge in [-0.25, -0.2) is 18.4 Å². The van der Waals surface area contributed by atoms with E-state index in [-0.39, 0.29) is 28.5 Å². The van der Waals surface area contributed by atoms with Gasteiger partial charge in [0, 0.05) is 37.9 Å². The highest BCUT2D eigenvalue weighted by atomic mass is 32.2. The molecule has 0 atom stereocenters. The maximum Gasteiger partial charge on any atom is 0.262 e. The molecule has 1 saturated heterocycles. The second-order valence-electron chi connectivity index (χ2n) is 8.06. The molecule has 0 saturated carbocycles. The minimum atomic E-state index is -3.57. The number of imidazole rings is 1. The molecule has 2 aromatic rings. The lowest BCUT2D eigenvalue weighted by atomic mass is 9.98. The second-order valence-corrected chi connectivity index (χ2v) is 9.94. The molecule has 0 N–H and O–H groups in total. The predicted molar refractivity (Wildman–Crippen MR) is 107 cm³/mol. The molecule has 9 heteroatoms. The minimum Gasteiger partial charge on any atom is -0.334 e. The summed E-state index contributed by atoms with van der Waals surface area (Å²) < 4.78 is 30.6. The van der Waals surface area contributed by atoms with Gasteiger partial charge in [-0.1, -0.05) is 13.8 Å². The Hall–Kier alpha value is -2.00. The van der Waals surface area contributed by atoms with Crippen molar-refractivity contribution >= 4 is 10.0 Å². The third-order valence-corrected chi connectivity index (χ3v) is 7.08. The molecule has 8 nitrogen and oxygen atoms in total. The number of hydrogen-bond donors (Lipinski definition) is 0. The lowest BCUT2D eigenvalue weighted by molar-refractivity contribution is 0.250. The van der Waals surface area contributed by atoms with E-state index < -0.39 is 10.0 Å². The van der Waals surface area contributed by atoms with Crippen molar-refractivity contribution in [3.05, 3.63) is 41.0 Å². The average Bonchev–Trinajstić information content (AvgIpc) is 3.15. The van der Waals surface area contributed by atoms with E-state index in [4.69, 9.17) is 0 Å². The summed E-state index contributed by atoms with van der Waals surface area (Å²) >= 11 is 0. The molecule has 2 aromatic heterocycles. The van der Waals surface area contributed by atoms with E-state index in [1.54, 1.807) is 34.1 Å². The molecule has 28 heavy (non-hydrogen) atoms. The van der Waals surface area contributed by atoms with Crippen LogP contribution in [0.3, 0.4) is 0 Å². The highest BCUT2D eigenvalue weighted by Crippen LogP contribution is 2.24. The molecule has 0 bridgehead atoms. The van der Waals surface area contributed by atoms with Crippen LogP contribution in [0.2, 0.25) is 0 Å². The zero-order valence-electron chi connectivity index (χ0n) is 16.9. The zero-order valence-corrected chi connectivity index (χ0v) is 17.8. The number of sulfonamides is 1. The zero-order chi connectivity index (χ0) is 20.5. The standard InChI is InChI=1S/C19H29N5O3S/c1-14(2)17-9-19(25)23(12-20-17)10-16-5-7-24(8-6-16)28(26,27)18-11-22(13-21-18)15(3)4/h9,11-16H,5-8,10H2,1-4H3. The van der Waals surface area contributed by atoms with Gasteiger partial charge in [0.25, 0.3) is 15.6 Å². The quantitative estimate of drug-likeness (QED) is 0.733. The molecule has 0 unspecified atom stereocenters. The van der Waals surface area contributed by atoms with Gasteiger partial charge in [-0.15, -0.1) is 0 Å². The number of rotatable bonds is 6. The lowest BCUT2D eigenvalue weighted by Gasteiger charge is -2.30. The summed E-state index contributed by atoms with van der Waals surface area (Å²) in [5.74, 6) is 0.471. The Labute approximate surface area is 166 Å². The van der Waals surface area contributed by atoms with Gasteiger partial charge in [0.15, 0.2) is 5.03 Å². The van der Waals surface area contributed by atoms with Crippen LogP contribution in [0.15, 0.2) is 34.7 Å². The number of hydrogen-bond acceptors (Lipinski definition) is 5. The van der Waals surface area contributed by atoms with Crippen molar-refractivity contribution in [3.8, 4) is 0 Å². The highest BCUT2D eigenvalue weighted by molar-refractivity contribution is 7.89. The van der Waals surface area contributed by atoms with Crippen molar-refractivity contribution in [2.45, 2.75) is 64.1 Å². The molecule has 0 amide bonds. The van der Waals surface area contributed by atoms with Crippen LogP contribution in [0.25, 0.3) is 0 Å². The maximum absolute atomic E-state index is 12.8. The first-order valence-electron chi connectivity index (χ1n) is 9.78. The van der Waals surface area contributed by atoms with E-state index in [1.807, 2.05) is 27.7 Å². The van der Waals surface area contributed by atoms with E-state index in [0.717, 1.165) is 5.69 Å². The Morgan fingerprint density at radius 1 is 1.11 bits per heavy atom. The normalized spacial score (nSPS) is 16.9. The molecular weight excluding hydrogens is 378 g/mol. The predicted octanol–water partition coefficient (Wildman–Crippen LogP) is 2.25. The second kappa shape index (κ2) is 8.16. The SMILES string of the molecule is CC(C)c1cc(=O)n(CC2CCN(S(=O)(=O)c3cn(C(C)C)cn3)CC2)cn1. The van der Waals surface area contributed by atoms with E-state index in [9.17, 15) is 13.2 Å². The summed E-state index contributed by atoms with van der Waals surface area (Å²) in [6.07, 6.45) is 6.18. The Morgan fingerprint density at radius 3 is 2.32 bits per heavy atom. The van der Waals surface area contributed by atoms with Crippen molar-refractivity contribution in [1.82, 2.24) is 23.4 Å². The fourth-order valence-electron chi connectivity index (χ4n) is 3.37. The Morgan fingerprint density at radius 2 is 1.79 bits per heavy atom. The van der Waals surface area contributed by atoms with Crippen LogP contribution >= 0.6 is 0 Å². The maximum atomic E-state index is 12.8. The van der Waals surface area contributed by atoms with Gasteiger partial charge in [0.1, 0.15) is 0 Å². The molecule has 1 aliphatic rings. The van der Waals surface area contributed by atoms with Crippen LogP contribution in [0.4, 0.5) is 0 Å². The smallest absolute Gasteiger partial charge is 0.262 e. The number of piperidine rings is 1. The monoisotopic (exact) mass is 407 g/mol. The highest BCUT2D eigenvalue weighted by Gasteiger charge is 2.31. The van der Waals surface area contributed by atoms with E-state index in [2.05, 4.69) is 9.97 Å². The number of nitrogens with zero attached hydrogens (tertiary/aromatic N) is 5. The summed E-state index contributed by atoms with van der Waals surface area (Å²) in [4.78, 5) is 20.7. The van der Waals surface area contributed by atoms with Crippen LogP contribution in [0, 0.1) is 5.92 Å². The Kier molecular flexibility index (Phi) is 6.04. The van der Waals surface area contributed by atoms with E-state index in [1.165, 1.54) is 4.31 Å². The van der Waals surface area contributed by atoms with Gasteiger partial charge in [-0.05, 0) is 38.5 Å². The van der Waals surface area contributed by atoms with Gasteiger partial charge in [0.2, 0.25) is 0 Å². The van der Waals surface area contributed by atoms with Gasteiger partial charge in [-0.3, -0.25) is 9.36 Å². The summed E-state index contributed by atoms with van der Waals surface area (Å²) in [6.45, 7) is 9.42. The van der Waals surface area contributed by atoms with Crippen LogP contribution in [0.5, 0.6) is 0 Å². The first kappa shape index (κ1) is 20.7. The molecule has 0 radical (unpaired) electrons. The summed E-state index contributed by atoms with van der Waals surface area (Å²) in [5.41, 5.74) is 0.746. The molecule has 3 heterocycles. The molecule has 0 aromatic carbocycles. The van der Waals surface area contributed by atoms with Gasteiger partial charge in [0.05, 0.1) is 18.3 Å². The minimum absolute atomic E-state index is 0.0482. The summed E-state index contributed by atoms with van der Waals surface area (Å²) in [5, 5.41) is 0.101. The molecule has 0 aliphatic carbocycles. The van der Waals surface area contributed by atoms with Crippen molar-refractivity contribution in [2.75, 3.05) is 13.1 Å². The Balaban J connectivity index is 1.63.